The Balaban J connectivity index is 1.55. The maximum Gasteiger partial charge on any atom is 0.262 e. The van der Waals surface area contributed by atoms with Gasteiger partial charge in [-0.2, -0.15) is 0 Å². The summed E-state index contributed by atoms with van der Waals surface area (Å²) in [6.45, 7) is 0. The number of fused-ring (bicyclic) bond motifs is 1. The molecule has 0 saturated heterocycles. The number of imidazole rings is 1. The molecule has 0 bridgehead atoms. The Morgan fingerprint density at radius 1 is 0.970 bits per heavy atom. The zero-order chi connectivity index (χ0) is 22.8. The predicted molar refractivity (Wildman–Crippen MR) is 126 cm³/mol. The number of aromatic nitrogens is 2. The Hall–Kier alpha value is -3.39. The fourth-order valence-electron chi connectivity index (χ4n) is 4.22. The summed E-state index contributed by atoms with van der Waals surface area (Å²) in [5.41, 5.74) is 1.69. The number of hydrogen-bond donors (Lipinski definition) is 2. The SMILES string of the molecule is O=S(=O)(Nc1cc2[nH]c(C3CCCCC3)nc2cc1Oc1ccc(F)cc1)c1ccccc1. The number of sulfonamides is 1. The van der Waals surface area contributed by atoms with E-state index in [4.69, 9.17) is 9.72 Å². The summed E-state index contributed by atoms with van der Waals surface area (Å²) >= 11 is 0. The Bertz CT molecular complexity index is 1360. The van der Waals surface area contributed by atoms with Crippen LogP contribution in [0.1, 0.15) is 43.8 Å². The topological polar surface area (TPSA) is 84.1 Å². The van der Waals surface area contributed by atoms with Crippen molar-refractivity contribution >= 4 is 26.7 Å². The van der Waals surface area contributed by atoms with Gasteiger partial charge in [-0.1, -0.05) is 37.5 Å². The van der Waals surface area contributed by atoms with Crippen LogP contribution in [0.4, 0.5) is 10.1 Å². The molecule has 1 aliphatic carbocycles. The van der Waals surface area contributed by atoms with Gasteiger partial charge < -0.3 is 9.72 Å². The predicted octanol–water partition coefficient (Wildman–Crippen LogP) is 6.34. The van der Waals surface area contributed by atoms with Crippen LogP contribution < -0.4 is 9.46 Å². The molecule has 170 valence electrons. The highest BCUT2D eigenvalue weighted by Gasteiger charge is 2.22. The zero-order valence-electron chi connectivity index (χ0n) is 17.9. The quantitative estimate of drug-likeness (QED) is 0.348. The van der Waals surface area contributed by atoms with Crippen LogP contribution in [0.3, 0.4) is 0 Å². The van der Waals surface area contributed by atoms with E-state index in [1.54, 1.807) is 30.3 Å². The van der Waals surface area contributed by atoms with Gasteiger partial charge in [-0.3, -0.25) is 4.72 Å². The normalized spacial score (nSPS) is 14.9. The minimum Gasteiger partial charge on any atom is -0.455 e. The summed E-state index contributed by atoms with van der Waals surface area (Å²) in [6, 6.07) is 17.1. The average molecular weight is 466 g/mol. The molecule has 0 unspecified atom stereocenters. The van der Waals surface area contributed by atoms with E-state index < -0.39 is 10.0 Å². The van der Waals surface area contributed by atoms with Gasteiger partial charge in [-0.05, 0) is 55.3 Å². The van der Waals surface area contributed by atoms with E-state index >= 15 is 0 Å². The maximum absolute atomic E-state index is 13.3. The summed E-state index contributed by atoms with van der Waals surface area (Å²) in [7, 11) is -3.84. The summed E-state index contributed by atoms with van der Waals surface area (Å²) in [5.74, 6) is 1.58. The number of rotatable bonds is 6. The first-order valence-corrected chi connectivity index (χ1v) is 12.5. The van der Waals surface area contributed by atoms with Crippen LogP contribution in [0.5, 0.6) is 11.5 Å². The van der Waals surface area contributed by atoms with Gasteiger partial charge in [0.1, 0.15) is 17.4 Å². The van der Waals surface area contributed by atoms with Gasteiger partial charge >= 0.3 is 0 Å². The number of nitrogens with one attached hydrogen (secondary N) is 2. The Kier molecular flexibility index (Phi) is 5.76. The van der Waals surface area contributed by atoms with Crippen molar-refractivity contribution in [2.45, 2.75) is 42.9 Å². The van der Waals surface area contributed by atoms with Crippen LogP contribution in [0.2, 0.25) is 0 Å². The van der Waals surface area contributed by atoms with Gasteiger partial charge in [-0.15, -0.1) is 0 Å². The van der Waals surface area contributed by atoms with Crippen LogP contribution in [-0.4, -0.2) is 18.4 Å². The smallest absolute Gasteiger partial charge is 0.262 e. The van der Waals surface area contributed by atoms with Crippen LogP contribution >= 0.6 is 0 Å². The van der Waals surface area contributed by atoms with E-state index in [0.717, 1.165) is 24.2 Å². The first-order chi connectivity index (χ1) is 16.0. The molecule has 5 rings (SSSR count). The van der Waals surface area contributed by atoms with Gasteiger partial charge in [0.05, 0.1) is 21.6 Å². The number of aromatic amines is 1. The number of hydrogen-bond acceptors (Lipinski definition) is 4. The highest BCUT2D eigenvalue weighted by molar-refractivity contribution is 7.92. The largest absolute Gasteiger partial charge is 0.455 e. The standard InChI is InChI=1S/C25H24FN3O3S/c26-18-11-13-19(14-12-18)32-24-16-22-21(27-25(28-22)17-7-3-1-4-8-17)15-23(24)29-33(30,31)20-9-5-2-6-10-20/h2,5-6,9-17,29H,1,3-4,7-8H2,(H,27,28). The van der Waals surface area contributed by atoms with E-state index in [1.807, 2.05) is 0 Å². The van der Waals surface area contributed by atoms with Crippen molar-refractivity contribution in [3.8, 4) is 11.5 Å². The number of anilines is 1. The van der Waals surface area contributed by atoms with Crippen molar-refractivity contribution in [1.29, 1.82) is 0 Å². The van der Waals surface area contributed by atoms with Crippen molar-refractivity contribution in [2.24, 2.45) is 0 Å². The Morgan fingerprint density at radius 3 is 2.42 bits per heavy atom. The fourth-order valence-corrected chi connectivity index (χ4v) is 5.31. The molecule has 3 aromatic carbocycles. The van der Waals surface area contributed by atoms with E-state index in [1.165, 1.54) is 55.7 Å². The number of benzene rings is 3. The molecule has 1 aliphatic rings. The first kappa shape index (κ1) is 21.5. The first-order valence-electron chi connectivity index (χ1n) is 11.0. The minimum atomic E-state index is -3.84. The van der Waals surface area contributed by atoms with Gasteiger partial charge in [0.15, 0.2) is 5.75 Å². The summed E-state index contributed by atoms with van der Waals surface area (Å²) in [5, 5.41) is 0. The van der Waals surface area contributed by atoms with E-state index in [-0.39, 0.29) is 22.1 Å². The van der Waals surface area contributed by atoms with Crippen molar-refractivity contribution < 1.29 is 17.5 Å². The minimum absolute atomic E-state index is 0.144. The van der Waals surface area contributed by atoms with Gasteiger partial charge in [-0.25, -0.2) is 17.8 Å². The van der Waals surface area contributed by atoms with Crippen LogP contribution in [0.25, 0.3) is 11.0 Å². The molecule has 1 saturated carbocycles. The number of ether oxygens (including phenoxy) is 1. The lowest BCUT2D eigenvalue weighted by molar-refractivity contribution is 0.431. The maximum atomic E-state index is 13.3. The van der Waals surface area contributed by atoms with Crippen LogP contribution in [-0.2, 0) is 10.0 Å². The summed E-state index contributed by atoms with van der Waals surface area (Å²) in [4.78, 5) is 8.30. The highest BCUT2D eigenvalue weighted by atomic mass is 32.2. The van der Waals surface area contributed by atoms with Gasteiger partial charge in [0.2, 0.25) is 0 Å². The zero-order valence-corrected chi connectivity index (χ0v) is 18.7. The molecule has 0 amide bonds. The Labute approximate surface area is 191 Å². The van der Waals surface area contributed by atoms with E-state index in [9.17, 15) is 12.8 Å². The third-order valence-corrected chi connectivity index (χ3v) is 7.31. The van der Waals surface area contributed by atoms with Crippen LogP contribution in [0.15, 0.2) is 71.6 Å². The third kappa shape index (κ3) is 4.71. The summed E-state index contributed by atoms with van der Waals surface area (Å²) in [6.07, 6.45) is 5.79. The van der Waals surface area contributed by atoms with Gasteiger partial charge in [0, 0.05) is 12.0 Å². The highest BCUT2D eigenvalue weighted by Crippen LogP contribution is 2.37. The van der Waals surface area contributed by atoms with E-state index in [0.29, 0.717) is 17.2 Å². The number of H-pyrrole nitrogens is 1. The molecule has 6 nitrogen and oxygen atoms in total. The lowest BCUT2D eigenvalue weighted by atomic mass is 9.89. The molecule has 1 heterocycles. The molecule has 8 heteroatoms. The molecule has 0 spiro atoms. The Morgan fingerprint density at radius 2 is 1.70 bits per heavy atom. The molecule has 4 aromatic rings. The third-order valence-electron chi connectivity index (χ3n) is 5.93. The monoisotopic (exact) mass is 465 g/mol. The van der Waals surface area contributed by atoms with Crippen molar-refractivity contribution in [3.63, 3.8) is 0 Å². The van der Waals surface area contributed by atoms with Crippen LogP contribution in [0, 0.1) is 5.82 Å². The molecule has 0 aliphatic heterocycles. The lowest BCUT2D eigenvalue weighted by Crippen LogP contribution is -2.13. The van der Waals surface area contributed by atoms with E-state index in [2.05, 4.69) is 9.71 Å². The lowest BCUT2D eigenvalue weighted by Gasteiger charge is -2.18. The molecule has 1 fully saturated rings. The van der Waals surface area contributed by atoms with Crippen molar-refractivity contribution in [3.05, 3.63) is 78.4 Å². The number of halogens is 1. The average Bonchev–Trinajstić information content (AvgIpc) is 3.24. The van der Waals surface area contributed by atoms with Gasteiger partial charge in [0.25, 0.3) is 10.0 Å². The second-order valence-electron chi connectivity index (χ2n) is 8.30. The molecular weight excluding hydrogens is 441 g/mol. The second kappa shape index (κ2) is 8.86. The molecule has 0 radical (unpaired) electrons. The second-order valence-corrected chi connectivity index (χ2v) is 9.98. The molecule has 2 N–H and O–H groups in total. The molecule has 33 heavy (non-hydrogen) atoms. The molecular formula is C25H24FN3O3S. The number of nitrogens with zero attached hydrogens (tertiary/aromatic N) is 1. The fraction of sp³-hybridized carbons (Fsp3) is 0.240. The van der Waals surface area contributed by atoms with Crippen molar-refractivity contribution in [1.82, 2.24) is 9.97 Å². The van der Waals surface area contributed by atoms with Crippen molar-refractivity contribution in [2.75, 3.05) is 4.72 Å². The summed E-state index contributed by atoms with van der Waals surface area (Å²) < 4.78 is 47.9. The molecule has 0 atom stereocenters. The molecule has 1 aromatic heterocycles.